The average Bonchev–Trinajstić information content (AvgIpc) is 3.27. The van der Waals surface area contributed by atoms with Crippen LogP contribution < -0.4 is 0 Å². The normalized spacial score (nSPS) is 25.9. The third-order valence-corrected chi connectivity index (χ3v) is 4.51. The van der Waals surface area contributed by atoms with Crippen molar-refractivity contribution in [1.29, 1.82) is 0 Å². The van der Waals surface area contributed by atoms with Crippen LogP contribution in [0.4, 0.5) is 0 Å². The van der Waals surface area contributed by atoms with Gasteiger partial charge in [-0.3, -0.25) is 9.80 Å². The molecule has 23 heavy (non-hydrogen) atoms. The zero-order chi connectivity index (χ0) is 15.5. The van der Waals surface area contributed by atoms with Gasteiger partial charge in [-0.05, 0) is 11.1 Å². The molecule has 4 nitrogen and oxygen atoms in total. The Labute approximate surface area is 137 Å². The van der Waals surface area contributed by atoms with Crippen LogP contribution in [-0.2, 0) is 9.47 Å². The van der Waals surface area contributed by atoms with E-state index in [0.29, 0.717) is 13.5 Å². The van der Waals surface area contributed by atoms with Crippen molar-refractivity contribution < 1.29 is 9.47 Å². The van der Waals surface area contributed by atoms with Crippen LogP contribution in [0.1, 0.15) is 23.3 Å². The molecule has 0 amide bonds. The van der Waals surface area contributed by atoms with Crippen LogP contribution in [0.2, 0.25) is 0 Å². The number of rotatable bonds is 4. The smallest absolute Gasteiger partial charge is 0.101 e. The van der Waals surface area contributed by atoms with E-state index in [-0.39, 0.29) is 12.2 Å². The average molecular weight is 310 g/mol. The SMILES string of the molecule is c1ccc(C2CN(CN3COC(c4ccccc4)C3)CO2)cc1. The third-order valence-electron chi connectivity index (χ3n) is 4.51. The highest BCUT2D eigenvalue weighted by Crippen LogP contribution is 2.27. The summed E-state index contributed by atoms with van der Waals surface area (Å²) in [6.07, 6.45) is 0.370. The molecule has 2 aromatic rings. The number of ether oxygens (including phenoxy) is 2. The largest absolute Gasteiger partial charge is 0.357 e. The maximum atomic E-state index is 5.93. The standard InChI is InChI=1S/C19H22N2O2/c1-3-7-16(8-4-1)18-11-20(14-22-18)13-21-12-19(23-15-21)17-9-5-2-6-10-17/h1-10,18-19H,11-15H2. The van der Waals surface area contributed by atoms with Crippen molar-refractivity contribution in [2.75, 3.05) is 33.2 Å². The van der Waals surface area contributed by atoms with E-state index in [1.165, 1.54) is 11.1 Å². The fourth-order valence-electron chi connectivity index (χ4n) is 3.29. The fraction of sp³-hybridized carbons (Fsp3) is 0.368. The molecular formula is C19H22N2O2. The van der Waals surface area contributed by atoms with Crippen molar-refractivity contribution in [1.82, 2.24) is 9.80 Å². The Morgan fingerprint density at radius 1 is 0.696 bits per heavy atom. The van der Waals surface area contributed by atoms with Gasteiger partial charge >= 0.3 is 0 Å². The lowest BCUT2D eigenvalue weighted by Gasteiger charge is -2.21. The topological polar surface area (TPSA) is 24.9 Å². The minimum Gasteiger partial charge on any atom is -0.357 e. The Balaban J connectivity index is 1.30. The summed E-state index contributed by atoms with van der Waals surface area (Å²) >= 11 is 0. The summed E-state index contributed by atoms with van der Waals surface area (Å²) in [6, 6.07) is 20.9. The summed E-state index contributed by atoms with van der Waals surface area (Å²) < 4.78 is 11.9. The molecule has 0 aromatic heterocycles. The maximum absolute atomic E-state index is 5.93. The summed E-state index contributed by atoms with van der Waals surface area (Å²) in [4.78, 5) is 4.68. The van der Waals surface area contributed by atoms with Crippen LogP contribution in [-0.4, -0.2) is 43.0 Å². The first-order valence-corrected chi connectivity index (χ1v) is 8.16. The number of hydrogen-bond acceptors (Lipinski definition) is 4. The molecule has 0 bridgehead atoms. The van der Waals surface area contributed by atoms with Gasteiger partial charge in [0.15, 0.2) is 0 Å². The van der Waals surface area contributed by atoms with Crippen LogP contribution in [0.25, 0.3) is 0 Å². The van der Waals surface area contributed by atoms with Gasteiger partial charge in [-0.1, -0.05) is 60.7 Å². The van der Waals surface area contributed by atoms with Gasteiger partial charge in [-0.25, -0.2) is 0 Å². The third kappa shape index (κ3) is 3.46. The van der Waals surface area contributed by atoms with Crippen molar-refractivity contribution in [3.8, 4) is 0 Å². The molecule has 2 heterocycles. The molecule has 0 radical (unpaired) electrons. The maximum Gasteiger partial charge on any atom is 0.101 e. The van der Waals surface area contributed by atoms with Crippen LogP contribution in [0.15, 0.2) is 60.7 Å². The van der Waals surface area contributed by atoms with Crippen molar-refractivity contribution in [2.45, 2.75) is 12.2 Å². The predicted octanol–water partition coefficient (Wildman–Crippen LogP) is 3.01. The van der Waals surface area contributed by atoms with Crippen molar-refractivity contribution >= 4 is 0 Å². The molecule has 0 spiro atoms. The predicted molar refractivity (Wildman–Crippen MR) is 88.5 cm³/mol. The Morgan fingerprint density at radius 2 is 1.13 bits per heavy atom. The molecule has 2 fully saturated rings. The van der Waals surface area contributed by atoms with E-state index in [4.69, 9.17) is 9.47 Å². The van der Waals surface area contributed by atoms with Gasteiger partial charge in [-0.2, -0.15) is 0 Å². The van der Waals surface area contributed by atoms with Gasteiger partial charge in [0.25, 0.3) is 0 Å². The second-order valence-corrected chi connectivity index (χ2v) is 6.24. The minimum atomic E-state index is 0.185. The van der Waals surface area contributed by atoms with E-state index >= 15 is 0 Å². The van der Waals surface area contributed by atoms with E-state index in [9.17, 15) is 0 Å². The van der Waals surface area contributed by atoms with Gasteiger partial charge < -0.3 is 9.47 Å². The molecule has 2 unspecified atom stereocenters. The summed E-state index contributed by atoms with van der Waals surface area (Å²) in [5, 5.41) is 0. The molecule has 0 N–H and O–H groups in total. The van der Waals surface area contributed by atoms with E-state index in [0.717, 1.165) is 19.8 Å². The van der Waals surface area contributed by atoms with Gasteiger partial charge in [0.05, 0.1) is 18.9 Å². The monoisotopic (exact) mass is 310 g/mol. The summed E-state index contributed by atoms with van der Waals surface area (Å²) in [7, 11) is 0. The second-order valence-electron chi connectivity index (χ2n) is 6.24. The highest BCUT2D eigenvalue weighted by atomic mass is 16.5. The summed E-state index contributed by atoms with van der Waals surface area (Å²) in [5.41, 5.74) is 2.52. The van der Waals surface area contributed by atoms with Crippen LogP contribution in [0, 0.1) is 0 Å². The lowest BCUT2D eigenvalue weighted by atomic mass is 10.1. The van der Waals surface area contributed by atoms with Crippen molar-refractivity contribution in [3.63, 3.8) is 0 Å². The van der Waals surface area contributed by atoms with Gasteiger partial charge in [0, 0.05) is 13.1 Å². The number of benzene rings is 2. The van der Waals surface area contributed by atoms with E-state index < -0.39 is 0 Å². The van der Waals surface area contributed by atoms with Gasteiger partial charge in [0.2, 0.25) is 0 Å². The summed E-state index contributed by atoms with van der Waals surface area (Å²) in [6.45, 7) is 4.15. The summed E-state index contributed by atoms with van der Waals surface area (Å²) in [5.74, 6) is 0. The van der Waals surface area contributed by atoms with E-state index in [1.54, 1.807) is 0 Å². The Morgan fingerprint density at radius 3 is 1.57 bits per heavy atom. The second kappa shape index (κ2) is 6.81. The highest BCUT2D eigenvalue weighted by Gasteiger charge is 2.29. The molecule has 120 valence electrons. The molecule has 4 rings (SSSR count). The fourth-order valence-corrected chi connectivity index (χ4v) is 3.29. The Hall–Kier alpha value is -1.72. The van der Waals surface area contributed by atoms with Crippen LogP contribution >= 0.6 is 0 Å². The molecule has 2 aliphatic heterocycles. The van der Waals surface area contributed by atoms with Crippen LogP contribution in [0.5, 0.6) is 0 Å². The molecule has 2 saturated heterocycles. The molecule has 2 aliphatic rings. The van der Waals surface area contributed by atoms with Crippen molar-refractivity contribution in [2.24, 2.45) is 0 Å². The van der Waals surface area contributed by atoms with Gasteiger partial charge in [-0.15, -0.1) is 0 Å². The molecule has 0 aliphatic carbocycles. The lowest BCUT2D eigenvalue weighted by Crippen LogP contribution is -2.35. The quantitative estimate of drug-likeness (QED) is 0.867. The molecular weight excluding hydrogens is 288 g/mol. The molecule has 2 aromatic carbocycles. The molecule has 2 atom stereocenters. The van der Waals surface area contributed by atoms with Crippen molar-refractivity contribution in [3.05, 3.63) is 71.8 Å². The first-order valence-electron chi connectivity index (χ1n) is 8.16. The van der Waals surface area contributed by atoms with Crippen LogP contribution in [0.3, 0.4) is 0 Å². The minimum absolute atomic E-state index is 0.185. The highest BCUT2D eigenvalue weighted by molar-refractivity contribution is 5.19. The molecule has 4 heteroatoms. The lowest BCUT2D eigenvalue weighted by molar-refractivity contribution is 0.0503. The van der Waals surface area contributed by atoms with Gasteiger partial charge in [0.1, 0.15) is 13.5 Å². The number of hydrogen-bond donors (Lipinski definition) is 0. The zero-order valence-electron chi connectivity index (χ0n) is 13.2. The Bertz CT molecular complexity index is 564. The first kappa shape index (κ1) is 14.8. The zero-order valence-corrected chi connectivity index (χ0v) is 13.2. The van der Waals surface area contributed by atoms with E-state index in [1.807, 2.05) is 12.1 Å². The number of nitrogens with zero attached hydrogens (tertiary/aromatic N) is 2. The van der Waals surface area contributed by atoms with E-state index in [2.05, 4.69) is 58.3 Å². The Kier molecular flexibility index (Phi) is 4.39. The molecule has 0 saturated carbocycles. The first-order chi connectivity index (χ1) is 11.4.